The Kier molecular flexibility index (Phi) is 5.63. The van der Waals surface area contributed by atoms with Crippen LogP contribution in [0, 0.1) is 5.41 Å². The molecule has 5 heteroatoms. The average Bonchev–Trinajstić information content (AvgIpc) is 2.27. The number of rotatable bonds is 3. The van der Waals surface area contributed by atoms with Gasteiger partial charge in [0.1, 0.15) is 0 Å². The first-order valence-electron chi connectivity index (χ1n) is 7.03. The number of carbonyl (C=O) groups excluding carboxylic acids is 2. The van der Waals surface area contributed by atoms with Crippen LogP contribution in [0.15, 0.2) is 0 Å². The highest BCUT2D eigenvalue weighted by Crippen LogP contribution is 2.19. The van der Waals surface area contributed by atoms with Crippen LogP contribution in [-0.4, -0.2) is 42.6 Å². The molecule has 1 aliphatic rings. The summed E-state index contributed by atoms with van der Waals surface area (Å²) in [6.07, 6.45) is 1.89. The summed E-state index contributed by atoms with van der Waals surface area (Å²) in [5.41, 5.74) is 0.00964. The zero-order chi connectivity index (χ0) is 14.5. The Morgan fingerprint density at radius 1 is 1.26 bits per heavy atom. The molecule has 110 valence electrons. The van der Waals surface area contributed by atoms with Crippen LogP contribution >= 0.6 is 0 Å². The molecule has 5 nitrogen and oxygen atoms in total. The first-order chi connectivity index (χ1) is 8.81. The molecule has 2 amide bonds. The van der Waals surface area contributed by atoms with Crippen LogP contribution in [0.25, 0.3) is 0 Å². The van der Waals surface area contributed by atoms with Crippen molar-refractivity contribution in [3.63, 3.8) is 0 Å². The molecule has 0 radical (unpaired) electrons. The number of likely N-dealkylation sites (tertiary alicyclic amines) is 1. The molecule has 1 rings (SSSR count). The summed E-state index contributed by atoms with van der Waals surface area (Å²) in [6, 6.07) is 0.181. The molecule has 0 aromatic carbocycles. The van der Waals surface area contributed by atoms with Crippen LogP contribution in [0.2, 0.25) is 0 Å². The summed E-state index contributed by atoms with van der Waals surface area (Å²) in [5.74, 6) is 0.0992. The highest BCUT2D eigenvalue weighted by atomic mass is 16.6. The van der Waals surface area contributed by atoms with Gasteiger partial charge in [0, 0.05) is 25.6 Å². The van der Waals surface area contributed by atoms with Crippen molar-refractivity contribution >= 4 is 12.0 Å². The van der Waals surface area contributed by atoms with E-state index in [9.17, 15) is 9.59 Å². The molecule has 0 atom stereocenters. The maximum atomic E-state index is 11.8. The Labute approximate surface area is 115 Å². The molecule has 0 unspecified atom stereocenters. The predicted molar refractivity (Wildman–Crippen MR) is 73.8 cm³/mol. The number of nitrogens with one attached hydrogen (secondary N) is 1. The van der Waals surface area contributed by atoms with E-state index in [1.807, 2.05) is 0 Å². The Balaban J connectivity index is 2.30. The standard InChI is InChI=1S/C14H26N2O3/c1-5-19-13(18)16-8-6-11(7-9-16)15-12(17)10-14(2,3)4/h11H,5-10H2,1-4H3,(H,15,17). The molecule has 0 aromatic heterocycles. The normalized spacial score (nSPS) is 17.2. The molecule has 0 bridgehead atoms. The van der Waals surface area contributed by atoms with Gasteiger partial charge in [-0.2, -0.15) is 0 Å². The van der Waals surface area contributed by atoms with Gasteiger partial charge in [-0.3, -0.25) is 4.79 Å². The van der Waals surface area contributed by atoms with Gasteiger partial charge in [-0.1, -0.05) is 20.8 Å². The van der Waals surface area contributed by atoms with Crippen molar-refractivity contribution in [1.29, 1.82) is 0 Å². The van der Waals surface area contributed by atoms with Crippen molar-refractivity contribution < 1.29 is 14.3 Å². The fourth-order valence-corrected chi connectivity index (χ4v) is 2.18. The minimum absolute atomic E-state index is 0.00964. The second-order valence-electron chi connectivity index (χ2n) is 6.27. The Hall–Kier alpha value is -1.26. The van der Waals surface area contributed by atoms with Crippen molar-refractivity contribution in [3.05, 3.63) is 0 Å². The molecule has 0 saturated carbocycles. The van der Waals surface area contributed by atoms with E-state index in [2.05, 4.69) is 26.1 Å². The Bertz CT molecular complexity index is 315. The van der Waals surface area contributed by atoms with Crippen molar-refractivity contribution in [3.8, 4) is 0 Å². The molecule has 19 heavy (non-hydrogen) atoms. The fraction of sp³-hybridized carbons (Fsp3) is 0.857. The van der Waals surface area contributed by atoms with E-state index in [0.29, 0.717) is 26.1 Å². The summed E-state index contributed by atoms with van der Waals surface area (Å²) in [7, 11) is 0. The Morgan fingerprint density at radius 2 is 1.84 bits per heavy atom. The lowest BCUT2D eigenvalue weighted by atomic mass is 9.91. The molecule has 0 aliphatic carbocycles. The minimum Gasteiger partial charge on any atom is -0.450 e. The summed E-state index contributed by atoms with van der Waals surface area (Å²) in [6.45, 7) is 9.67. The van der Waals surface area contributed by atoms with E-state index >= 15 is 0 Å². The van der Waals surface area contributed by atoms with E-state index in [1.165, 1.54) is 0 Å². The van der Waals surface area contributed by atoms with Gasteiger partial charge in [-0.15, -0.1) is 0 Å². The molecular weight excluding hydrogens is 244 g/mol. The van der Waals surface area contributed by atoms with Crippen LogP contribution in [0.3, 0.4) is 0 Å². The van der Waals surface area contributed by atoms with Crippen LogP contribution < -0.4 is 5.32 Å². The number of piperidine rings is 1. The van der Waals surface area contributed by atoms with Crippen molar-refractivity contribution in [2.45, 2.75) is 53.0 Å². The molecular formula is C14H26N2O3. The van der Waals surface area contributed by atoms with Crippen LogP contribution in [0.1, 0.15) is 47.0 Å². The second kappa shape index (κ2) is 6.78. The van der Waals surface area contributed by atoms with Gasteiger partial charge < -0.3 is 15.0 Å². The maximum absolute atomic E-state index is 11.8. The van der Waals surface area contributed by atoms with Crippen LogP contribution in [-0.2, 0) is 9.53 Å². The second-order valence-corrected chi connectivity index (χ2v) is 6.27. The van der Waals surface area contributed by atoms with E-state index < -0.39 is 0 Å². The maximum Gasteiger partial charge on any atom is 0.409 e. The summed E-state index contributed by atoms with van der Waals surface area (Å²) < 4.78 is 4.96. The zero-order valence-corrected chi connectivity index (χ0v) is 12.5. The van der Waals surface area contributed by atoms with Gasteiger partial charge in [0.05, 0.1) is 6.61 Å². The number of amides is 2. The molecule has 1 aliphatic heterocycles. The van der Waals surface area contributed by atoms with Gasteiger partial charge in [-0.25, -0.2) is 4.79 Å². The SMILES string of the molecule is CCOC(=O)N1CCC(NC(=O)CC(C)(C)C)CC1. The smallest absolute Gasteiger partial charge is 0.409 e. The quantitative estimate of drug-likeness (QED) is 0.855. The third-order valence-electron chi connectivity index (χ3n) is 3.08. The lowest BCUT2D eigenvalue weighted by Crippen LogP contribution is -2.47. The molecule has 0 aromatic rings. The molecule has 1 fully saturated rings. The summed E-state index contributed by atoms with van der Waals surface area (Å²) in [4.78, 5) is 25.1. The van der Waals surface area contributed by atoms with Crippen LogP contribution in [0.4, 0.5) is 4.79 Å². The number of hydrogen-bond acceptors (Lipinski definition) is 3. The highest BCUT2D eigenvalue weighted by Gasteiger charge is 2.25. The van der Waals surface area contributed by atoms with E-state index in [1.54, 1.807) is 11.8 Å². The lowest BCUT2D eigenvalue weighted by Gasteiger charge is -2.32. The lowest BCUT2D eigenvalue weighted by molar-refractivity contribution is -0.123. The third-order valence-corrected chi connectivity index (χ3v) is 3.08. The zero-order valence-electron chi connectivity index (χ0n) is 12.5. The van der Waals surface area contributed by atoms with Crippen molar-refractivity contribution in [2.75, 3.05) is 19.7 Å². The number of ether oxygens (including phenoxy) is 1. The van der Waals surface area contributed by atoms with Crippen molar-refractivity contribution in [1.82, 2.24) is 10.2 Å². The van der Waals surface area contributed by atoms with E-state index in [4.69, 9.17) is 4.74 Å². The number of hydrogen-bond donors (Lipinski definition) is 1. The molecule has 1 heterocycles. The summed E-state index contributed by atoms with van der Waals surface area (Å²) >= 11 is 0. The van der Waals surface area contributed by atoms with Crippen LogP contribution in [0.5, 0.6) is 0 Å². The summed E-state index contributed by atoms with van der Waals surface area (Å²) in [5, 5.41) is 3.05. The third kappa shape index (κ3) is 5.94. The fourth-order valence-electron chi connectivity index (χ4n) is 2.18. The molecule has 1 N–H and O–H groups in total. The van der Waals surface area contributed by atoms with Gasteiger partial charge in [-0.05, 0) is 25.2 Å². The molecule has 0 spiro atoms. The van der Waals surface area contributed by atoms with E-state index in [-0.39, 0.29) is 23.5 Å². The Morgan fingerprint density at radius 3 is 2.32 bits per heavy atom. The van der Waals surface area contributed by atoms with Gasteiger partial charge in [0.15, 0.2) is 0 Å². The van der Waals surface area contributed by atoms with Gasteiger partial charge in [0.25, 0.3) is 0 Å². The first kappa shape index (κ1) is 15.8. The topological polar surface area (TPSA) is 58.6 Å². The van der Waals surface area contributed by atoms with Gasteiger partial charge in [0.2, 0.25) is 5.91 Å². The van der Waals surface area contributed by atoms with Crippen molar-refractivity contribution in [2.24, 2.45) is 5.41 Å². The van der Waals surface area contributed by atoms with E-state index in [0.717, 1.165) is 12.8 Å². The van der Waals surface area contributed by atoms with Gasteiger partial charge >= 0.3 is 6.09 Å². The monoisotopic (exact) mass is 270 g/mol. The predicted octanol–water partition coefficient (Wildman–Crippen LogP) is 2.16. The average molecular weight is 270 g/mol. The number of nitrogens with zero attached hydrogens (tertiary/aromatic N) is 1. The minimum atomic E-state index is -0.248. The molecule has 1 saturated heterocycles. The largest absolute Gasteiger partial charge is 0.450 e. The number of carbonyl (C=O) groups is 2. The highest BCUT2D eigenvalue weighted by molar-refractivity contribution is 5.77. The first-order valence-corrected chi connectivity index (χ1v) is 7.03.